The Morgan fingerprint density at radius 3 is 2.60 bits per heavy atom. The van der Waals surface area contributed by atoms with E-state index < -0.39 is 15.9 Å². The first-order chi connectivity index (χ1) is 11.7. The third-order valence-corrected chi connectivity index (χ3v) is 4.84. The fourth-order valence-corrected chi connectivity index (χ4v) is 3.34. The minimum Gasteiger partial charge on any atom is -0.497 e. The Bertz CT molecular complexity index is 884. The molecule has 0 fully saturated rings. The summed E-state index contributed by atoms with van der Waals surface area (Å²) in [6, 6.07) is 11.7. The first-order valence-corrected chi connectivity index (χ1v) is 9.61. The molecule has 0 heterocycles. The van der Waals surface area contributed by atoms with Crippen LogP contribution in [0.1, 0.15) is 5.56 Å². The lowest BCUT2D eigenvalue weighted by molar-refractivity contribution is -0.114. The van der Waals surface area contributed by atoms with E-state index in [0.717, 1.165) is 10.6 Å². The Hall–Kier alpha value is -2.25. The molecule has 2 rings (SSSR count). The van der Waals surface area contributed by atoms with Gasteiger partial charge in [-0.1, -0.05) is 23.7 Å². The fourth-order valence-electron chi connectivity index (χ4n) is 2.26. The zero-order chi connectivity index (χ0) is 18.6. The lowest BCUT2D eigenvalue weighted by Crippen LogP contribution is -2.37. The number of halogens is 1. The van der Waals surface area contributed by atoms with Crippen molar-refractivity contribution in [3.05, 3.63) is 53.1 Å². The molecule has 0 spiro atoms. The van der Waals surface area contributed by atoms with Crippen molar-refractivity contribution in [1.82, 2.24) is 0 Å². The third-order valence-electron chi connectivity index (χ3n) is 3.48. The van der Waals surface area contributed by atoms with E-state index in [2.05, 4.69) is 5.32 Å². The van der Waals surface area contributed by atoms with Gasteiger partial charge in [-0.2, -0.15) is 0 Å². The predicted octanol–water partition coefficient (Wildman–Crippen LogP) is 3.06. The van der Waals surface area contributed by atoms with Crippen LogP contribution in [0.4, 0.5) is 11.4 Å². The molecular formula is C17H19ClN2O4S. The Labute approximate surface area is 152 Å². The van der Waals surface area contributed by atoms with Gasteiger partial charge in [0.1, 0.15) is 12.3 Å². The Morgan fingerprint density at radius 2 is 1.96 bits per heavy atom. The fraction of sp³-hybridized carbons (Fsp3) is 0.235. The van der Waals surface area contributed by atoms with Crippen molar-refractivity contribution in [3.8, 4) is 5.75 Å². The van der Waals surface area contributed by atoms with Crippen molar-refractivity contribution in [2.45, 2.75) is 6.92 Å². The van der Waals surface area contributed by atoms with Crippen LogP contribution in [0.3, 0.4) is 0 Å². The molecule has 0 saturated carbocycles. The van der Waals surface area contributed by atoms with Crippen molar-refractivity contribution >= 4 is 38.9 Å². The largest absolute Gasteiger partial charge is 0.497 e. The van der Waals surface area contributed by atoms with Crippen LogP contribution in [-0.4, -0.2) is 34.2 Å². The minimum absolute atomic E-state index is 0.364. The van der Waals surface area contributed by atoms with E-state index in [1.54, 1.807) is 43.3 Å². The second kappa shape index (κ2) is 7.76. The van der Waals surface area contributed by atoms with Crippen LogP contribution in [0, 0.1) is 6.92 Å². The number of sulfonamides is 1. The maximum atomic E-state index is 12.3. The molecule has 0 bridgehead atoms. The van der Waals surface area contributed by atoms with E-state index in [0.29, 0.717) is 27.7 Å². The smallest absolute Gasteiger partial charge is 0.245 e. The number of benzene rings is 2. The highest BCUT2D eigenvalue weighted by Gasteiger charge is 2.22. The average molecular weight is 383 g/mol. The van der Waals surface area contributed by atoms with Gasteiger partial charge in [-0.25, -0.2) is 8.42 Å². The van der Waals surface area contributed by atoms with E-state index in [-0.39, 0.29) is 6.54 Å². The summed E-state index contributed by atoms with van der Waals surface area (Å²) in [4.78, 5) is 12.3. The molecule has 0 saturated heterocycles. The summed E-state index contributed by atoms with van der Waals surface area (Å²) in [5.41, 5.74) is 1.58. The summed E-state index contributed by atoms with van der Waals surface area (Å²) in [5, 5.41) is 3.06. The van der Waals surface area contributed by atoms with E-state index in [4.69, 9.17) is 16.3 Å². The van der Waals surface area contributed by atoms with Gasteiger partial charge in [0.15, 0.2) is 0 Å². The van der Waals surface area contributed by atoms with E-state index in [1.165, 1.54) is 13.2 Å². The summed E-state index contributed by atoms with van der Waals surface area (Å²) >= 11 is 5.97. The Morgan fingerprint density at radius 1 is 1.24 bits per heavy atom. The van der Waals surface area contributed by atoms with Gasteiger partial charge in [0.05, 0.1) is 19.1 Å². The molecule has 2 aromatic carbocycles. The quantitative estimate of drug-likeness (QED) is 0.833. The van der Waals surface area contributed by atoms with Crippen LogP contribution in [0.25, 0.3) is 0 Å². The topological polar surface area (TPSA) is 75.7 Å². The van der Waals surface area contributed by atoms with Gasteiger partial charge in [0, 0.05) is 16.8 Å². The SMILES string of the molecule is COc1cccc(NC(=O)CN(c2cc(Cl)ccc2C)S(C)(=O)=O)c1. The number of carbonyl (C=O) groups excluding carboxylic acids is 1. The summed E-state index contributed by atoms with van der Waals surface area (Å²) < 4.78 is 30.5. The van der Waals surface area contributed by atoms with E-state index in [1.807, 2.05) is 0 Å². The highest BCUT2D eigenvalue weighted by molar-refractivity contribution is 7.92. The van der Waals surface area contributed by atoms with Crippen LogP contribution in [0.5, 0.6) is 5.75 Å². The first-order valence-electron chi connectivity index (χ1n) is 7.38. The molecule has 0 aliphatic carbocycles. The number of carbonyl (C=O) groups is 1. The number of hydrogen-bond acceptors (Lipinski definition) is 4. The summed E-state index contributed by atoms with van der Waals surface area (Å²) in [6.07, 6.45) is 1.05. The third kappa shape index (κ3) is 5.11. The first kappa shape index (κ1) is 19.1. The number of anilines is 2. The van der Waals surface area contributed by atoms with Crippen LogP contribution < -0.4 is 14.4 Å². The minimum atomic E-state index is -3.67. The van der Waals surface area contributed by atoms with Gasteiger partial charge >= 0.3 is 0 Å². The molecule has 1 N–H and O–H groups in total. The second-order valence-electron chi connectivity index (χ2n) is 5.48. The van der Waals surface area contributed by atoms with Gasteiger partial charge in [0.25, 0.3) is 0 Å². The van der Waals surface area contributed by atoms with E-state index >= 15 is 0 Å². The van der Waals surface area contributed by atoms with Gasteiger partial charge in [0.2, 0.25) is 15.9 Å². The predicted molar refractivity (Wildman–Crippen MR) is 100 cm³/mol. The molecule has 8 heteroatoms. The Balaban J connectivity index is 2.25. The molecule has 2 aromatic rings. The zero-order valence-electron chi connectivity index (χ0n) is 14.1. The van der Waals surface area contributed by atoms with Crippen LogP contribution in [-0.2, 0) is 14.8 Å². The normalized spacial score (nSPS) is 11.0. The number of hydrogen-bond donors (Lipinski definition) is 1. The molecule has 0 aliphatic heterocycles. The molecule has 0 unspecified atom stereocenters. The van der Waals surface area contributed by atoms with Gasteiger partial charge in [-0.15, -0.1) is 0 Å². The number of methoxy groups -OCH3 is 1. The second-order valence-corrected chi connectivity index (χ2v) is 7.82. The molecule has 0 atom stereocenters. The summed E-state index contributed by atoms with van der Waals surface area (Å²) in [5.74, 6) is 0.113. The maximum absolute atomic E-state index is 12.3. The number of aryl methyl sites for hydroxylation is 1. The zero-order valence-corrected chi connectivity index (χ0v) is 15.7. The maximum Gasteiger partial charge on any atom is 0.245 e. The van der Waals surface area contributed by atoms with Crippen molar-refractivity contribution < 1.29 is 17.9 Å². The molecule has 0 aromatic heterocycles. The van der Waals surface area contributed by atoms with Crippen LogP contribution in [0.2, 0.25) is 5.02 Å². The summed E-state index contributed by atoms with van der Waals surface area (Å²) in [7, 11) is -2.15. The standard InChI is InChI=1S/C17H19ClN2O4S/c1-12-7-8-13(18)9-16(12)20(25(3,22)23)11-17(21)19-14-5-4-6-15(10-14)24-2/h4-10H,11H2,1-3H3,(H,19,21). The number of ether oxygens (including phenoxy) is 1. The number of amides is 1. The molecule has 0 radical (unpaired) electrons. The monoisotopic (exact) mass is 382 g/mol. The average Bonchev–Trinajstić information content (AvgIpc) is 2.54. The lowest BCUT2D eigenvalue weighted by Gasteiger charge is -2.24. The van der Waals surface area contributed by atoms with Crippen LogP contribution in [0.15, 0.2) is 42.5 Å². The molecule has 134 valence electrons. The lowest BCUT2D eigenvalue weighted by atomic mass is 10.2. The highest BCUT2D eigenvalue weighted by atomic mass is 35.5. The van der Waals surface area contributed by atoms with Gasteiger partial charge < -0.3 is 10.1 Å². The molecule has 0 aliphatic rings. The van der Waals surface area contributed by atoms with E-state index in [9.17, 15) is 13.2 Å². The van der Waals surface area contributed by atoms with Crippen molar-refractivity contribution in [3.63, 3.8) is 0 Å². The molecule has 1 amide bonds. The summed E-state index contributed by atoms with van der Waals surface area (Å²) in [6.45, 7) is 1.39. The van der Waals surface area contributed by atoms with Gasteiger partial charge in [-0.05, 0) is 36.8 Å². The number of rotatable bonds is 6. The number of nitrogens with zero attached hydrogens (tertiary/aromatic N) is 1. The van der Waals surface area contributed by atoms with Gasteiger partial charge in [-0.3, -0.25) is 9.10 Å². The highest BCUT2D eigenvalue weighted by Crippen LogP contribution is 2.26. The van der Waals surface area contributed by atoms with Crippen LogP contribution >= 0.6 is 11.6 Å². The van der Waals surface area contributed by atoms with Crippen molar-refractivity contribution in [2.75, 3.05) is 29.5 Å². The van der Waals surface area contributed by atoms with Crippen molar-refractivity contribution in [2.24, 2.45) is 0 Å². The molecular weight excluding hydrogens is 364 g/mol. The number of nitrogens with one attached hydrogen (secondary N) is 1. The Kier molecular flexibility index (Phi) is 5.92. The van der Waals surface area contributed by atoms with Crippen molar-refractivity contribution in [1.29, 1.82) is 0 Å². The molecule has 25 heavy (non-hydrogen) atoms. The molecule has 6 nitrogen and oxygen atoms in total.